The van der Waals surface area contributed by atoms with E-state index in [2.05, 4.69) is 18.1 Å². The van der Waals surface area contributed by atoms with Gasteiger partial charge in [0.2, 0.25) is 6.23 Å². The zero-order valence-electron chi connectivity index (χ0n) is 14.2. The molecule has 1 fully saturated rings. The van der Waals surface area contributed by atoms with Gasteiger partial charge in [-0.05, 0) is 6.07 Å². The molecule has 0 aromatic carbocycles. The number of nitrogen functional groups attached to an aromatic ring is 1. The zero-order chi connectivity index (χ0) is 23.1. The Balaban J connectivity index is 2.12. The molecule has 3 unspecified atom stereocenters. The fourth-order valence-corrected chi connectivity index (χ4v) is 5.21. The van der Waals surface area contributed by atoms with E-state index in [0.717, 1.165) is 12.3 Å². The summed E-state index contributed by atoms with van der Waals surface area (Å²) in [4.78, 5) is 50.1. The lowest BCUT2D eigenvalue weighted by atomic mass is 10.1. The van der Waals surface area contributed by atoms with Gasteiger partial charge in [-0.25, -0.2) is 18.5 Å². The molecule has 1 aromatic heterocycles. The maximum Gasteiger partial charge on any atom is 0.490 e. The van der Waals surface area contributed by atoms with Crippen molar-refractivity contribution in [1.29, 1.82) is 0 Å². The second-order valence-corrected chi connectivity index (χ2v) is 10.00. The molecule has 21 heteroatoms. The molecule has 0 radical (unpaired) electrons. The van der Waals surface area contributed by atoms with Crippen molar-refractivity contribution < 1.29 is 65.0 Å². The molecule has 16 nitrogen and oxygen atoms in total. The highest BCUT2D eigenvalue weighted by molar-refractivity contribution is 7.66. The Morgan fingerprint density at radius 2 is 1.80 bits per heavy atom. The summed E-state index contributed by atoms with van der Waals surface area (Å²) in [5, 5.41) is 9.72. The number of aliphatic hydroxyl groups excluding tert-OH is 1. The van der Waals surface area contributed by atoms with Gasteiger partial charge in [0.05, 0.1) is 6.61 Å². The van der Waals surface area contributed by atoms with E-state index in [-0.39, 0.29) is 10.4 Å². The van der Waals surface area contributed by atoms with Gasteiger partial charge >= 0.3 is 35.1 Å². The molecular formula is C9H14F2N3O13P3. The monoisotopic (exact) mass is 503 g/mol. The highest BCUT2D eigenvalue weighted by Crippen LogP contribution is 2.66. The summed E-state index contributed by atoms with van der Waals surface area (Å²) in [6, 6.07) is 0.979. The van der Waals surface area contributed by atoms with Crippen LogP contribution >= 0.6 is 23.5 Å². The first-order valence-corrected chi connectivity index (χ1v) is 11.8. The fraction of sp³-hybridized carbons (Fsp3) is 0.556. The molecule has 30 heavy (non-hydrogen) atoms. The maximum absolute atomic E-state index is 14.3. The van der Waals surface area contributed by atoms with Gasteiger partial charge in [0.1, 0.15) is 11.9 Å². The van der Waals surface area contributed by atoms with Gasteiger partial charge in [-0.1, -0.05) is 0 Å². The third-order valence-corrected chi connectivity index (χ3v) is 7.10. The summed E-state index contributed by atoms with van der Waals surface area (Å²) in [5.74, 6) is -4.42. The van der Waals surface area contributed by atoms with E-state index in [1.165, 1.54) is 0 Å². The largest absolute Gasteiger partial charge is 0.490 e. The lowest BCUT2D eigenvalue weighted by Crippen LogP contribution is -2.41. The number of alkyl halides is 2. The number of nitrogens with zero attached hydrogens (tertiary/aromatic N) is 2. The first-order valence-electron chi connectivity index (χ1n) is 7.28. The molecule has 1 saturated heterocycles. The van der Waals surface area contributed by atoms with Gasteiger partial charge in [-0.15, -0.1) is 0 Å². The minimum atomic E-state index is -5.83. The Morgan fingerprint density at radius 1 is 1.20 bits per heavy atom. The molecule has 1 aromatic rings. The van der Waals surface area contributed by atoms with E-state index < -0.39 is 60.1 Å². The standard InChI is InChI=1S/C9H14F2N3O13P3/c10-9(11)6(15)4(25-7(9)14-2-1-5(12)13-8(14)16)3-24-29(20,21)27-30(22,23)26-28(17,18)19/h1-2,4,6-7,15H,3H2,(H,20,21)(H,22,23)(H2,12,13,16)(H2,17,18,19)/t4-,6?,7-/m1/s1. The van der Waals surface area contributed by atoms with Crippen LogP contribution in [0.15, 0.2) is 17.1 Å². The fourth-order valence-electron chi connectivity index (χ4n) is 2.18. The molecule has 5 atom stereocenters. The normalized spacial score (nSPS) is 28.0. The Hall–Kier alpha value is -1.13. The summed E-state index contributed by atoms with van der Waals surface area (Å²) < 4.78 is 78.0. The number of phosphoric ester groups is 1. The predicted octanol–water partition coefficient (Wildman–Crippen LogP) is -0.938. The number of anilines is 1. The van der Waals surface area contributed by atoms with E-state index in [0.29, 0.717) is 0 Å². The number of ether oxygens (including phenoxy) is 1. The third-order valence-electron chi connectivity index (χ3n) is 3.30. The van der Waals surface area contributed by atoms with Crippen molar-refractivity contribution in [2.24, 2.45) is 0 Å². The van der Waals surface area contributed by atoms with E-state index in [1.807, 2.05) is 0 Å². The summed E-state index contributed by atoms with van der Waals surface area (Å²) in [6.07, 6.45) is -6.40. The topological polar surface area (TPSA) is 250 Å². The van der Waals surface area contributed by atoms with Crippen molar-refractivity contribution in [3.05, 3.63) is 22.7 Å². The molecular weight excluding hydrogens is 489 g/mol. The van der Waals surface area contributed by atoms with Crippen LogP contribution in [0.1, 0.15) is 6.23 Å². The number of phosphoric acid groups is 3. The average Bonchev–Trinajstić information content (AvgIpc) is 2.73. The van der Waals surface area contributed by atoms with Crippen LogP contribution in [-0.2, 0) is 31.6 Å². The third kappa shape index (κ3) is 6.20. The Labute approximate surface area is 164 Å². The molecule has 2 rings (SSSR count). The van der Waals surface area contributed by atoms with Crippen molar-refractivity contribution in [2.45, 2.75) is 24.4 Å². The molecule has 0 spiro atoms. The van der Waals surface area contributed by atoms with Crippen LogP contribution in [0.3, 0.4) is 0 Å². The molecule has 1 aliphatic rings. The summed E-state index contributed by atoms with van der Waals surface area (Å²) in [6.45, 7) is -1.35. The highest BCUT2D eigenvalue weighted by atomic mass is 31.3. The molecule has 0 amide bonds. The average molecular weight is 503 g/mol. The lowest BCUT2D eigenvalue weighted by Gasteiger charge is -2.20. The van der Waals surface area contributed by atoms with E-state index in [9.17, 15) is 37.3 Å². The van der Waals surface area contributed by atoms with Crippen LogP contribution in [0.5, 0.6) is 0 Å². The van der Waals surface area contributed by atoms with Gasteiger partial charge in [0, 0.05) is 6.20 Å². The first-order chi connectivity index (χ1) is 13.4. The Bertz CT molecular complexity index is 998. The van der Waals surface area contributed by atoms with Gasteiger partial charge in [-0.2, -0.15) is 22.4 Å². The smallest absolute Gasteiger partial charge is 0.384 e. The van der Waals surface area contributed by atoms with E-state index >= 15 is 0 Å². The SMILES string of the molecule is Nc1ccn([C@@H]2O[C@H](COP(=O)(O)OP(=O)(O)OP(=O)(O)O)C(O)C2(F)F)c(=O)n1. The minimum absolute atomic E-state index is 0.282. The Morgan fingerprint density at radius 3 is 2.33 bits per heavy atom. The summed E-state index contributed by atoms with van der Waals surface area (Å²) in [5.41, 5.74) is 3.97. The van der Waals surface area contributed by atoms with Crippen molar-refractivity contribution >= 4 is 29.3 Å². The highest BCUT2D eigenvalue weighted by Gasteiger charge is 2.60. The quantitative estimate of drug-likeness (QED) is 0.234. The van der Waals surface area contributed by atoms with Crippen LogP contribution in [0.2, 0.25) is 0 Å². The van der Waals surface area contributed by atoms with Crippen LogP contribution in [0, 0.1) is 0 Å². The first kappa shape index (κ1) is 25.1. The van der Waals surface area contributed by atoms with E-state index in [1.54, 1.807) is 0 Å². The lowest BCUT2D eigenvalue weighted by molar-refractivity contribution is -0.140. The predicted molar refractivity (Wildman–Crippen MR) is 87.6 cm³/mol. The molecule has 1 aliphatic heterocycles. The maximum atomic E-state index is 14.3. The van der Waals surface area contributed by atoms with Crippen molar-refractivity contribution in [1.82, 2.24) is 9.55 Å². The van der Waals surface area contributed by atoms with Gasteiger partial charge in [0.25, 0.3) is 0 Å². The number of rotatable bonds is 8. The number of halogens is 2. The molecule has 172 valence electrons. The van der Waals surface area contributed by atoms with Crippen molar-refractivity contribution in [3.63, 3.8) is 0 Å². The summed E-state index contributed by atoms with van der Waals surface area (Å²) in [7, 11) is -17.1. The van der Waals surface area contributed by atoms with Crippen LogP contribution in [-0.4, -0.2) is 59.0 Å². The zero-order valence-corrected chi connectivity index (χ0v) is 16.8. The van der Waals surface area contributed by atoms with Crippen molar-refractivity contribution in [3.8, 4) is 0 Å². The Kier molecular flexibility index (Phi) is 7.06. The second-order valence-electron chi connectivity index (χ2n) is 5.58. The van der Waals surface area contributed by atoms with Crippen molar-refractivity contribution in [2.75, 3.05) is 12.3 Å². The van der Waals surface area contributed by atoms with E-state index in [4.69, 9.17) is 25.2 Å². The number of aliphatic hydroxyl groups is 1. The summed E-state index contributed by atoms with van der Waals surface area (Å²) >= 11 is 0. The van der Waals surface area contributed by atoms with Gasteiger partial charge < -0.3 is 35.2 Å². The molecule has 0 saturated carbocycles. The molecule has 7 N–H and O–H groups in total. The molecule has 2 heterocycles. The number of nitrogens with two attached hydrogens (primary N) is 1. The number of aromatic nitrogens is 2. The van der Waals surface area contributed by atoms with Gasteiger partial charge in [0.15, 0.2) is 6.10 Å². The number of hydrogen-bond donors (Lipinski definition) is 6. The van der Waals surface area contributed by atoms with Crippen LogP contribution < -0.4 is 11.4 Å². The van der Waals surface area contributed by atoms with Crippen LogP contribution in [0.25, 0.3) is 0 Å². The van der Waals surface area contributed by atoms with Crippen LogP contribution in [0.4, 0.5) is 14.6 Å². The second kappa shape index (κ2) is 8.43. The molecule has 0 bridgehead atoms. The molecule has 0 aliphatic carbocycles. The minimum Gasteiger partial charge on any atom is -0.384 e. The number of hydrogen-bond acceptors (Lipinski definition) is 11. The van der Waals surface area contributed by atoms with Gasteiger partial charge in [-0.3, -0.25) is 9.09 Å².